The molecular weight excluding hydrogens is 624 g/mol. The monoisotopic (exact) mass is 658 g/mol. The van der Waals surface area contributed by atoms with Crippen LogP contribution in [-0.2, 0) is 0 Å². The van der Waals surface area contributed by atoms with Gasteiger partial charge >= 0.3 is 0 Å². The molecule has 8 aromatic carbocycles. The first-order chi connectivity index (χ1) is 24.5. The number of phenolic OH excluding ortho intramolecular Hbond substituents is 2. The molecule has 0 radical (unpaired) electrons. The van der Waals surface area contributed by atoms with Gasteiger partial charge in [-0.15, -0.1) is 0 Å². The standard InChI is InChI=1S/C44H34O6/c1-47-37-23-35(43(49-3)31-19-11-9-17-29(31)37)33-21-25-13-5-7-15-27(25)39(41(33)45)40-28-16-8-6-14-26(28)22-34(42(40)46)36-24-38(48-2)30-18-10-12-20-32(30)44(36)50-4/h5-24,45-46H,1-4H3. The minimum atomic E-state index is -0.00000531. The molecule has 0 amide bonds. The van der Waals surface area contributed by atoms with Gasteiger partial charge < -0.3 is 29.2 Å². The van der Waals surface area contributed by atoms with Crippen LogP contribution in [0.4, 0.5) is 0 Å². The van der Waals surface area contributed by atoms with E-state index in [9.17, 15) is 10.2 Å². The van der Waals surface area contributed by atoms with Gasteiger partial charge in [-0.2, -0.15) is 0 Å². The molecule has 50 heavy (non-hydrogen) atoms. The Hall–Kier alpha value is -6.40. The highest BCUT2D eigenvalue weighted by molar-refractivity contribution is 6.15. The molecule has 0 saturated heterocycles. The summed E-state index contributed by atoms with van der Waals surface area (Å²) in [5.74, 6) is 2.51. The van der Waals surface area contributed by atoms with E-state index in [4.69, 9.17) is 18.9 Å². The number of rotatable bonds is 7. The van der Waals surface area contributed by atoms with Crippen LogP contribution >= 0.6 is 0 Å². The third kappa shape index (κ3) is 4.64. The molecule has 0 aliphatic carbocycles. The Kier molecular flexibility index (Phi) is 7.57. The number of ether oxygens (including phenoxy) is 4. The quantitative estimate of drug-likeness (QED) is 0.177. The van der Waals surface area contributed by atoms with Crippen molar-refractivity contribution < 1.29 is 29.2 Å². The van der Waals surface area contributed by atoms with E-state index in [-0.39, 0.29) is 11.5 Å². The molecule has 0 unspecified atom stereocenters. The highest BCUT2D eigenvalue weighted by Crippen LogP contribution is 2.55. The van der Waals surface area contributed by atoms with Gasteiger partial charge in [-0.25, -0.2) is 0 Å². The Labute approximate surface area is 289 Å². The van der Waals surface area contributed by atoms with Crippen LogP contribution in [0.1, 0.15) is 0 Å². The molecule has 0 bridgehead atoms. The maximum absolute atomic E-state index is 12.6. The van der Waals surface area contributed by atoms with Crippen LogP contribution in [0.3, 0.4) is 0 Å². The zero-order valence-electron chi connectivity index (χ0n) is 28.1. The minimum absolute atomic E-state index is 0.00000531. The summed E-state index contributed by atoms with van der Waals surface area (Å²) in [5, 5.41) is 31.9. The van der Waals surface area contributed by atoms with E-state index in [1.165, 1.54) is 0 Å². The lowest BCUT2D eigenvalue weighted by Crippen LogP contribution is -1.97. The molecule has 6 nitrogen and oxygen atoms in total. The molecule has 8 aromatic rings. The average Bonchev–Trinajstić information content (AvgIpc) is 3.16. The van der Waals surface area contributed by atoms with Gasteiger partial charge in [0.15, 0.2) is 0 Å². The molecule has 0 aliphatic heterocycles. The fraction of sp³-hybridized carbons (Fsp3) is 0.0909. The summed E-state index contributed by atoms with van der Waals surface area (Å²) >= 11 is 0. The van der Waals surface area contributed by atoms with Gasteiger partial charge in [-0.05, 0) is 45.8 Å². The van der Waals surface area contributed by atoms with Crippen molar-refractivity contribution >= 4 is 43.1 Å². The van der Waals surface area contributed by atoms with Crippen molar-refractivity contribution in [2.75, 3.05) is 28.4 Å². The van der Waals surface area contributed by atoms with E-state index in [0.29, 0.717) is 56.4 Å². The molecule has 0 atom stereocenters. The summed E-state index contributed by atoms with van der Waals surface area (Å²) in [7, 11) is 6.53. The van der Waals surface area contributed by atoms with E-state index in [1.54, 1.807) is 28.4 Å². The summed E-state index contributed by atoms with van der Waals surface area (Å²) in [6.45, 7) is 0. The number of fused-ring (bicyclic) bond motifs is 4. The molecule has 6 heteroatoms. The number of methoxy groups -OCH3 is 4. The number of hydrogen-bond donors (Lipinski definition) is 2. The van der Waals surface area contributed by atoms with Gasteiger partial charge in [-0.1, -0.05) is 97.1 Å². The number of aromatic hydroxyl groups is 2. The summed E-state index contributed by atoms with van der Waals surface area (Å²) < 4.78 is 23.8. The molecule has 0 aliphatic rings. The second kappa shape index (κ2) is 12.2. The van der Waals surface area contributed by atoms with Crippen LogP contribution in [-0.4, -0.2) is 38.7 Å². The number of phenols is 2. The lowest BCUT2D eigenvalue weighted by atomic mass is 9.85. The van der Waals surface area contributed by atoms with Crippen LogP contribution in [0, 0.1) is 0 Å². The Bertz CT molecular complexity index is 2440. The van der Waals surface area contributed by atoms with Gasteiger partial charge in [0.1, 0.15) is 34.5 Å². The highest BCUT2D eigenvalue weighted by atomic mass is 16.5. The first-order valence-corrected chi connectivity index (χ1v) is 16.3. The largest absolute Gasteiger partial charge is 0.507 e. The SMILES string of the molecule is COc1cc(-c2cc3ccccc3c(-c3c(O)c(-c4cc(OC)c5ccccc5c4OC)cc4ccccc34)c2O)c(OC)c2ccccc12. The topological polar surface area (TPSA) is 77.4 Å². The van der Waals surface area contributed by atoms with Crippen molar-refractivity contribution in [3.63, 3.8) is 0 Å². The molecule has 246 valence electrons. The second-order valence-electron chi connectivity index (χ2n) is 12.1. The maximum atomic E-state index is 12.6. The van der Waals surface area contributed by atoms with E-state index >= 15 is 0 Å². The van der Waals surface area contributed by atoms with Crippen molar-refractivity contribution in [3.05, 3.63) is 121 Å². The van der Waals surface area contributed by atoms with Crippen LogP contribution in [0.25, 0.3) is 76.5 Å². The van der Waals surface area contributed by atoms with Crippen LogP contribution < -0.4 is 18.9 Å². The Morgan fingerprint density at radius 1 is 0.360 bits per heavy atom. The smallest absolute Gasteiger partial charge is 0.134 e. The van der Waals surface area contributed by atoms with E-state index in [2.05, 4.69) is 0 Å². The zero-order valence-corrected chi connectivity index (χ0v) is 28.1. The molecule has 0 saturated carbocycles. The lowest BCUT2D eigenvalue weighted by Gasteiger charge is -2.22. The molecule has 8 rings (SSSR count). The molecule has 0 aromatic heterocycles. The Balaban J connectivity index is 1.51. The van der Waals surface area contributed by atoms with Gasteiger partial charge in [0.05, 0.1) is 28.4 Å². The summed E-state index contributed by atoms with van der Waals surface area (Å²) in [5.41, 5.74) is 3.39. The molecular formula is C44H34O6. The van der Waals surface area contributed by atoms with Gasteiger partial charge in [-0.3, -0.25) is 0 Å². The minimum Gasteiger partial charge on any atom is -0.507 e. The van der Waals surface area contributed by atoms with Gasteiger partial charge in [0.2, 0.25) is 0 Å². The molecule has 2 N–H and O–H groups in total. The van der Waals surface area contributed by atoms with Crippen molar-refractivity contribution in [2.24, 2.45) is 0 Å². The number of benzene rings is 8. The first-order valence-electron chi connectivity index (χ1n) is 16.3. The fourth-order valence-corrected chi connectivity index (χ4v) is 7.40. The predicted molar refractivity (Wildman–Crippen MR) is 202 cm³/mol. The highest BCUT2D eigenvalue weighted by Gasteiger charge is 2.27. The Morgan fingerprint density at radius 2 is 0.700 bits per heavy atom. The normalized spacial score (nSPS) is 11.4. The van der Waals surface area contributed by atoms with Crippen molar-refractivity contribution in [1.29, 1.82) is 0 Å². The van der Waals surface area contributed by atoms with E-state index in [1.807, 2.05) is 121 Å². The lowest BCUT2D eigenvalue weighted by molar-refractivity contribution is 0.411. The van der Waals surface area contributed by atoms with Gasteiger partial charge in [0, 0.05) is 54.9 Å². The Morgan fingerprint density at radius 3 is 1.06 bits per heavy atom. The molecule has 0 heterocycles. The van der Waals surface area contributed by atoms with E-state index < -0.39 is 0 Å². The van der Waals surface area contributed by atoms with Crippen LogP contribution in [0.5, 0.6) is 34.5 Å². The average molecular weight is 659 g/mol. The summed E-state index contributed by atoms with van der Waals surface area (Å²) in [6.07, 6.45) is 0. The van der Waals surface area contributed by atoms with Crippen LogP contribution in [0.15, 0.2) is 121 Å². The predicted octanol–water partition coefficient (Wildman–Crippen LogP) is 10.7. The first kappa shape index (κ1) is 30.9. The van der Waals surface area contributed by atoms with Crippen LogP contribution in [0.2, 0.25) is 0 Å². The zero-order chi connectivity index (χ0) is 34.5. The third-order valence-electron chi connectivity index (χ3n) is 9.64. The fourth-order valence-electron chi connectivity index (χ4n) is 7.40. The second-order valence-corrected chi connectivity index (χ2v) is 12.1. The maximum Gasteiger partial charge on any atom is 0.134 e. The van der Waals surface area contributed by atoms with Gasteiger partial charge in [0.25, 0.3) is 0 Å². The number of hydrogen-bond acceptors (Lipinski definition) is 6. The summed E-state index contributed by atoms with van der Waals surface area (Å²) in [6, 6.07) is 39.2. The molecule has 0 fully saturated rings. The third-order valence-corrected chi connectivity index (χ3v) is 9.64. The van der Waals surface area contributed by atoms with Crippen molar-refractivity contribution in [3.8, 4) is 67.9 Å². The molecule has 0 spiro atoms. The van der Waals surface area contributed by atoms with Crippen molar-refractivity contribution in [2.45, 2.75) is 0 Å². The van der Waals surface area contributed by atoms with E-state index in [0.717, 1.165) is 43.1 Å². The van der Waals surface area contributed by atoms with Crippen molar-refractivity contribution in [1.82, 2.24) is 0 Å². The summed E-state index contributed by atoms with van der Waals surface area (Å²) in [4.78, 5) is 0.